The molecular formula is C22H16N8. The van der Waals surface area contributed by atoms with Crippen LogP contribution >= 0.6 is 0 Å². The Labute approximate surface area is 172 Å². The first-order valence-corrected chi connectivity index (χ1v) is 9.57. The SMILES string of the molecule is N#CCC1(n2ncc(-c3cc(-c4cnccn4)cc4ncccc34)n2)CC(C#N)C1. The van der Waals surface area contributed by atoms with Crippen molar-refractivity contribution in [2.75, 3.05) is 0 Å². The van der Waals surface area contributed by atoms with Gasteiger partial charge in [0.25, 0.3) is 0 Å². The van der Waals surface area contributed by atoms with Gasteiger partial charge in [0, 0.05) is 35.1 Å². The van der Waals surface area contributed by atoms with Crippen LogP contribution in [0.2, 0.25) is 0 Å². The lowest BCUT2D eigenvalue weighted by Crippen LogP contribution is -2.47. The molecule has 0 amide bonds. The van der Waals surface area contributed by atoms with Crippen LogP contribution in [-0.4, -0.2) is 29.9 Å². The van der Waals surface area contributed by atoms with E-state index in [1.54, 1.807) is 35.8 Å². The first-order chi connectivity index (χ1) is 14.7. The smallest absolute Gasteiger partial charge is 0.113 e. The third kappa shape index (κ3) is 2.87. The molecule has 1 aromatic carbocycles. The fraction of sp³-hybridized carbons (Fsp3) is 0.227. The van der Waals surface area contributed by atoms with Crippen LogP contribution in [-0.2, 0) is 5.54 Å². The van der Waals surface area contributed by atoms with E-state index in [0.29, 0.717) is 18.5 Å². The largest absolute Gasteiger partial charge is 0.261 e. The normalized spacial score (nSPS) is 20.3. The molecular weight excluding hydrogens is 376 g/mol. The van der Waals surface area contributed by atoms with Crippen molar-refractivity contribution in [1.29, 1.82) is 10.5 Å². The second kappa shape index (κ2) is 7.02. The lowest BCUT2D eigenvalue weighted by Gasteiger charge is -2.42. The molecule has 1 fully saturated rings. The van der Waals surface area contributed by atoms with Gasteiger partial charge in [-0.1, -0.05) is 6.07 Å². The van der Waals surface area contributed by atoms with Gasteiger partial charge in [0.2, 0.25) is 0 Å². The van der Waals surface area contributed by atoms with Gasteiger partial charge in [-0.2, -0.15) is 25.5 Å². The molecule has 0 N–H and O–H groups in total. The van der Waals surface area contributed by atoms with Crippen molar-refractivity contribution in [2.24, 2.45) is 5.92 Å². The van der Waals surface area contributed by atoms with Gasteiger partial charge in [-0.3, -0.25) is 15.0 Å². The van der Waals surface area contributed by atoms with E-state index in [-0.39, 0.29) is 12.3 Å². The summed E-state index contributed by atoms with van der Waals surface area (Å²) in [5.74, 6) is -0.0576. The van der Waals surface area contributed by atoms with E-state index < -0.39 is 5.54 Å². The van der Waals surface area contributed by atoms with E-state index in [2.05, 4.69) is 32.2 Å². The molecule has 4 aromatic rings. The highest BCUT2D eigenvalue weighted by molar-refractivity contribution is 5.96. The molecule has 144 valence electrons. The maximum absolute atomic E-state index is 9.29. The highest BCUT2D eigenvalue weighted by Crippen LogP contribution is 2.45. The number of nitrogens with zero attached hydrogens (tertiary/aromatic N) is 8. The summed E-state index contributed by atoms with van der Waals surface area (Å²) in [7, 11) is 0. The molecule has 0 radical (unpaired) electrons. The Hall–Kier alpha value is -4.17. The average molecular weight is 392 g/mol. The summed E-state index contributed by atoms with van der Waals surface area (Å²) in [5.41, 5.74) is 3.52. The van der Waals surface area contributed by atoms with Gasteiger partial charge < -0.3 is 0 Å². The van der Waals surface area contributed by atoms with Gasteiger partial charge >= 0.3 is 0 Å². The second-order valence-corrected chi connectivity index (χ2v) is 7.50. The monoisotopic (exact) mass is 392 g/mol. The summed E-state index contributed by atoms with van der Waals surface area (Å²) in [6, 6.07) is 12.4. The summed E-state index contributed by atoms with van der Waals surface area (Å²) >= 11 is 0. The zero-order chi connectivity index (χ0) is 20.6. The summed E-state index contributed by atoms with van der Waals surface area (Å²) in [6.45, 7) is 0. The predicted molar refractivity (Wildman–Crippen MR) is 108 cm³/mol. The summed E-state index contributed by atoms with van der Waals surface area (Å²) < 4.78 is 0. The van der Waals surface area contributed by atoms with Gasteiger partial charge in [-0.05, 0) is 31.0 Å². The Balaban J connectivity index is 1.62. The zero-order valence-corrected chi connectivity index (χ0v) is 16.0. The fourth-order valence-corrected chi connectivity index (χ4v) is 4.08. The molecule has 30 heavy (non-hydrogen) atoms. The Morgan fingerprint density at radius 2 is 1.97 bits per heavy atom. The number of nitriles is 2. The molecule has 1 aliphatic rings. The quantitative estimate of drug-likeness (QED) is 0.522. The van der Waals surface area contributed by atoms with Gasteiger partial charge in [0.15, 0.2) is 0 Å². The van der Waals surface area contributed by atoms with E-state index >= 15 is 0 Å². The fourth-order valence-electron chi connectivity index (χ4n) is 4.08. The number of benzene rings is 1. The van der Waals surface area contributed by atoms with Gasteiger partial charge in [-0.15, -0.1) is 0 Å². The molecule has 8 nitrogen and oxygen atoms in total. The highest BCUT2D eigenvalue weighted by Gasteiger charge is 2.48. The van der Waals surface area contributed by atoms with Crippen LogP contribution in [0.1, 0.15) is 19.3 Å². The van der Waals surface area contributed by atoms with Crippen molar-refractivity contribution in [1.82, 2.24) is 29.9 Å². The number of hydrogen-bond acceptors (Lipinski definition) is 7. The summed E-state index contributed by atoms with van der Waals surface area (Å²) in [6.07, 6.45) is 9.92. The van der Waals surface area contributed by atoms with E-state index in [1.807, 2.05) is 24.3 Å². The van der Waals surface area contributed by atoms with Crippen LogP contribution < -0.4 is 0 Å². The molecule has 1 aliphatic carbocycles. The van der Waals surface area contributed by atoms with Crippen LogP contribution in [0.5, 0.6) is 0 Å². The number of aromatic nitrogens is 6. The third-order valence-corrected chi connectivity index (χ3v) is 5.62. The van der Waals surface area contributed by atoms with Crippen molar-refractivity contribution >= 4 is 10.9 Å². The molecule has 3 heterocycles. The molecule has 0 unspecified atom stereocenters. The first-order valence-electron chi connectivity index (χ1n) is 9.57. The molecule has 5 rings (SSSR count). The third-order valence-electron chi connectivity index (χ3n) is 5.62. The molecule has 0 aliphatic heterocycles. The van der Waals surface area contributed by atoms with Crippen molar-refractivity contribution < 1.29 is 0 Å². The number of rotatable bonds is 4. The van der Waals surface area contributed by atoms with Crippen molar-refractivity contribution in [2.45, 2.75) is 24.8 Å². The van der Waals surface area contributed by atoms with Gasteiger partial charge in [-0.25, -0.2) is 0 Å². The van der Waals surface area contributed by atoms with Crippen LogP contribution in [0.25, 0.3) is 33.4 Å². The van der Waals surface area contributed by atoms with E-state index in [0.717, 1.165) is 27.7 Å². The molecule has 0 saturated heterocycles. The minimum atomic E-state index is -0.510. The van der Waals surface area contributed by atoms with Crippen molar-refractivity contribution in [3.8, 4) is 34.7 Å². The molecule has 3 aromatic heterocycles. The number of pyridine rings is 1. The van der Waals surface area contributed by atoms with Crippen LogP contribution in [0, 0.1) is 28.6 Å². The number of fused-ring (bicyclic) bond motifs is 1. The minimum Gasteiger partial charge on any atom is -0.261 e. The minimum absolute atomic E-state index is 0.0576. The Bertz CT molecular complexity index is 1310. The van der Waals surface area contributed by atoms with E-state index in [4.69, 9.17) is 5.10 Å². The van der Waals surface area contributed by atoms with Crippen molar-refractivity contribution in [3.63, 3.8) is 0 Å². The second-order valence-electron chi connectivity index (χ2n) is 7.50. The van der Waals surface area contributed by atoms with Crippen LogP contribution in [0.15, 0.2) is 55.2 Å². The lowest BCUT2D eigenvalue weighted by molar-refractivity contribution is 0.0713. The Morgan fingerprint density at radius 1 is 1.07 bits per heavy atom. The Morgan fingerprint density at radius 3 is 2.73 bits per heavy atom. The lowest BCUT2D eigenvalue weighted by atomic mass is 9.68. The Kier molecular flexibility index (Phi) is 4.19. The molecule has 0 atom stereocenters. The van der Waals surface area contributed by atoms with E-state index in [9.17, 15) is 10.5 Å². The highest BCUT2D eigenvalue weighted by atomic mass is 15.5. The molecule has 8 heteroatoms. The summed E-state index contributed by atoms with van der Waals surface area (Å²) in [5, 5.41) is 28.6. The first kappa shape index (κ1) is 17.9. The molecule has 0 bridgehead atoms. The summed E-state index contributed by atoms with van der Waals surface area (Å²) in [4.78, 5) is 14.7. The maximum Gasteiger partial charge on any atom is 0.113 e. The number of hydrogen-bond donors (Lipinski definition) is 0. The molecule has 0 spiro atoms. The average Bonchev–Trinajstić information content (AvgIpc) is 3.26. The standard InChI is InChI=1S/C22H16N8/c23-4-3-22(10-15(11-22)12-24)30-28-14-21(29-30)18-8-16(20-13-25-6-7-27-20)9-19-17(18)2-1-5-26-19/h1-2,5-9,13-15H,3,10-11H2. The van der Waals surface area contributed by atoms with Gasteiger partial charge in [0.1, 0.15) is 5.69 Å². The van der Waals surface area contributed by atoms with E-state index in [1.165, 1.54) is 0 Å². The maximum atomic E-state index is 9.29. The van der Waals surface area contributed by atoms with Gasteiger partial charge in [0.05, 0.1) is 53.6 Å². The predicted octanol–water partition coefficient (Wildman–Crippen LogP) is 3.49. The van der Waals surface area contributed by atoms with Crippen LogP contribution in [0.3, 0.4) is 0 Å². The zero-order valence-electron chi connectivity index (χ0n) is 16.0. The van der Waals surface area contributed by atoms with Crippen LogP contribution in [0.4, 0.5) is 0 Å². The van der Waals surface area contributed by atoms with Crippen molar-refractivity contribution in [3.05, 3.63) is 55.2 Å². The molecule has 1 saturated carbocycles. The topological polar surface area (TPSA) is 117 Å².